The van der Waals surface area contributed by atoms with Gasteiger partial charge in [-0.1, -0.05) is 18.5 Å². The Balaban J connectivity index is 2.16. The Hall–Kier alpha value is -0.640. The van der Waals surface area contributed by atoms with E-state index in [-0.39, 0.29) is 11.2 Å². The summed E-state index contributed by atoms with van der Waals surface area (Å²) in [6.07, 6.45) is 2.77. The van der Waals surface area contributed by atoms with Gasteiger partial charge in [-0.3, -0.25) is 0 Å². The summed E-state index contributed by atoms with van der Waals surface area (Å²) in [5, 5.41) is 3.97. The van der Waals surface area contributed by atoms with Crippen molar-refractivity contribution in [3.63, 3.8) is 0 Å². The standard InChI is InChI=1S/C15H21ClFNO/c1-2-18-10-15(6-3-7-19-11-15)9-12-8-13(16)4-5-14(12)17/h4-5,8,18H,2-3,6-7,9-11H2,1H3. The van der Waals surface area contributed by atoms with E-state index < -0.39 is 0 Å². The Morgan fingerprint density at radius 3 is 3.00 bits per heavy atom. The van der Waals surface area contributed by atoms with Crippen molar-refractivity contribution in [3.05, 3.63) is 34.6 Å². The maximum Gasteiger partial charge on any atom is 0.126 e. The molecule has 0 bridgehead atoms. The SMILES string of the molecule is CCNCC1(Cc2cc(Cl)ccc2F)CCCOC1. The minimum Gasteiger partial charge on any atom is -0.381 e. The molecule has 1 atom stereocenters. The van der Waals surface area contributed by atoms with Crippen molar-refractivity contribution in [1.29, 1.82) is 0 Å². The largest absolute Gasteiger partial charge is 0.381 e. The lowest BCUT2D eigenvalue weighted by atomic mass is 9.77. The zero-order valence-electron chi connectivity index (χ0n) is 11.3. The van der Waals surface area contributed by atoms with Gasteiger partial charge in [0.2, 0.25) is 0 Å². The molecule has 106 valence electrons. The molecule has 1 unspecified atom stereocenters. The maximum atomic E-state index is 13.9. The van der Waals surface area contributed by atoms with Crippen LogP contribution in [-0.4, -0.2) is 26.3 Å². The van der Waals surface area contributed by atoms with Gasteiger partial charge in [0.05, 0.1) is 6.61 Å². The lowest BCUT2D eigenvalue weighted by Gasteiger charge is -2.37. The van der Waals surface area contributed by atoms with Gasteiger partial charge in [0.25, 0.3) is 0 Å². The third kappa shape index (κ3) is 3.91. The molecule has 0 aromatic heterocycles. The zero-order chi connectivity index (χ0) is 13.7. The molecule has 1 N–H and O–H groups in total. The van der Waals surface area contributed by atoms with Crippen molar-refractivity contribution >= 4 is 11.6 Å². The molecule has 19 heavy (non-hydrogen) atoms. The highest BCUT2D eigenvalue weighted by Crippen LogP contribution is 2.33. The summed E-state index contributed by atoms with van der Waals surface area (Å²) in [6, 6.07) is 4.77. The summed E-state index contributed by atoms with van der Waals surface area (Å²) in [7, 11) is 0. The number of rotatable bonds is 5. The number of hydrogen-bond donors (Lipinski definition) is 1. The summed E-state index contributed by atoms with van der Waals surface area (Å²) in [4.78, 5) is 0. The molecule has 0 radical (unpaired) electrons. The predicted molar refractivity (Wildman–Crippen MR) is 76.1 cm³/mol. The number of benzene rings is 1. The van der Waals surface area contributed by atoms with Crippen LogP contribution >= 0.6 is 11.6 Å². The summed E-state index contributed by atoms with van der Waals surface area (Å²) in [5.74, 6) is -0.175. The molecule has 1 fully saturated rings. The van der Waals surface area contributed by atoms with Crippen LogP contribution in [0.1, 0.15) is 25.3 Å². The Kier molecular flexibility index (Phi) is 5.20. The third-order valence-corrected chi connectivity index (χ3v) is 3.96. The number of ether oxygens (including phenoxy) is 1. The smallest absolute Gasteiger partial charge is 0.126 e. The lowest BCUT2D eigenvalue weighted by Crippen LogP contribution is -2.42. The monoisotopic (exact) mass is 285 g/mol. The van der Waals surface area contributed by atoms with E-state index in [0.29, 0.717) is 23.6 Å². The molecular weight excluding hydrogens is 265 g/mol. The van der Waals surface area contributed by atoms with Crippen molar-refractivity contribution in [2.24, 2.45) is 5.41 Å². The van der Waals surface area contributed by atoms with Gasteiger partial charge in [-0.05, 0) is 49.6 Å². The van der Waals surface area contributed by atoms with Gasteiger partial charge in [-0.25, -0.2) is 4.39 Å². The zero-order valence-corrected chi connectivity index (χ0v) is 12.1. The van der Waals surface area contributed by atoms with Crippen LogP contribution in [0.3, 0.4) is 0 Å². The van der Waals surface area contributed by atoms with Crippen molar-refractivity contribution in [3.8, 4) is 0 Å². The van der Waals surface area contributed by atoms with E-state index in [1.165, 1.54) is 6.07 Å². The van der Waals surface area contributed by atoms with Crippen molar-refractivity contribution in [2.75, 3.05) is 26.3 Å². The van der Waals surface area contributed by atoms with Gasteiger partial charge in [-0.15, -0.1) is 0 Å². The van der Waals surface area contributed by atoms with E-state index in [2.05, 4.69) is 12.2 Å². The molecule has 1 aromatic carbocycles. The first-order valence-corrected chi connectivity index (χ1v) is 7.25. The van der Waals surface area contributed by atoms with Gasteiger partial charge in [0, 0.05) is 23.6 Å². The molecule has 0 aliphatic carbocycles. The average Bonchev–Trinajstić information content (AvgIpc) is 2.42. The molecule has 4 heteroatoms. The van der Waals surface area contributed by atoms with Gasteiger partial charge in [0.1, 0.15) is 5.82 Å². The Bertz CT molecular complexity index is 419. The van der Waals surface area contributed by atoms with Crippen LogP contribution in [0.25, 0.3) is 0 Å². The first-order valence-electron chi connectivity index (χ1n) is 6.88. The molecule has 1 aromatic rings. The first-order chi connectivity index (χ1) is 9.15. The Morgan fingerprint density at radius 1 is 1.47 bits per heavy atom. The van der Waals surface area contributed by atoms with E-state index in [4.69, 9.17) is 16.3 Å². The van der Waals surface area contributed by atoms with Crippen molar-refractivity contribution in [2.45, 2.75) is 26.2 Å². The quantitative estimate of drug-likeness (QED) is 0.895. The van der Waals surface area contributed by atoms with Gasteiger partial charge in [-0.2, -0.15) is 0 Å². The van der Waals surface area contributed by atoms with E-state index in [0.717, 1.165) is 32.5 Å². The highest BCUT2D eigenvalue weighted by Gasteiger charge is 2.33. The number of nitrogens with one attached hydrogen (secondary N) is 1. The fourth-order valence-corrected chi connectivity index (χ4v) is 2.92. The van der Waals surface area contributed by atoms with E-state index >= 15 is 0 Å². The van der Waals surface area contributed by atoms with Crippen LogP contribution in [0.15, 0.2) is 18.2 Å². The van der Waals surface area contributed by atoms with Gasteiger partial charge in [0.15, 0.2) is 0 Å². The summed E-state index contributed by atoms with van der Waals surface area (Å²) in [6.45, 7) is 5.35. The van der Waals surface area contributed by atoms with E-state index in [9.17, 15) is 4.39 Å². The Labute approximate surface area is 119 Å². The first kappa shape index (κ1) is 14.8. The van der Waals surface area contributed by atoms with Crippen LogP contribution in [0.5, 0.6) is 0 Å². The summed E-state index contributed by atoms with van der Waals surface area (Å²) in [5.41, 5.74) is 0.677. The van der Waals surface area contributed by atoms with E-state index in [1.807, 2.05) is 0 Å². The second-order valence-corrected chi connectivity index (χ2v) is 5.79. The molecule has 2 nitrogen and oxygen atoms in total. The second kappa shape index (κ2) is 6.69. The highest BCUT2D eigenvalue weighted by molar-refractivity contribution is 6.30. The summed E-state index contributed by atoms with van der Waals surface area (Å²) >= 11 is 5.97. The maximum absolute atomic E-state index is 13.9. The van der Waals surface area contributed by atoms with Crippen LogP contribution in [0.4, 0.5) is 4.39 Å². The lowest BCUT2D eigenvalue weighted by molar-refractivity contribution is -0.00728. The molecule has 1 saturated heterocycles. The molecule has 1 aliphatic rings. The van der Waals surface area contributed by atoms with Crippen molar-refractivity contribution in [1.82, 2.24) is 5.32 Å². The van der Waals surface area contributed by atoms with Crippen LogP contribution in [0, 0.1) is 11.2 Å². The molecule has 2 rings (SSSR count). The number of halogens is 2. The average molecular weight is 286 g/mol. The minimum absolute atomic E-state index is 0.0141. The molecule has 0 amide bonds. The van der Waals surface area contributed by atoms with Gasteiger partial charge >= 0.3 is 0 Å². The molecule has 0 saturated carbocycles. The van der Waals surface area contributed by atoms with Crippen LogP contribution in [0.2, 0.25) is 5.02 Å². The molecule has 1 aliphatic heterocycles. The van der Waals surface area contributed by atoms with E-state index in [1.54, 1.807) is 12.1 Å². The second-order valence-electron chi connectivity index (χ2n) is 5.35. The fourth-order valence-electron chi connectivity index (χ4n) is 2.72. The molecule has 1 heterocycles. The topological polar surface area (TPSA) is 21.3 Å². The number of hydrogen-bond acceptors (Lipinski definition) is 2. The van der Waals surface area contributed by atoms with Crippen molar-refractivity contribution < 1.29 is 9.13 Å². The Morgan fingerprint density at radius 2 is 2.32 bits per heavy atom. The third-order valence-electron chi connectivity index (χ3n) is 3.73. The van der Waals surface area contributed by atoms with Crippen LogP contribution in [-0.2, 0) is 11.2 Å². The van der Waals surface area contributed by atoms with Crippen LogP contribution < -0.4 is 5.32 Å². The van der Waals surface area contributed by atoms with Gasteiger partial charge < -0.3 is 10.1 Å². The summed E-state index contributed by atoms with van der Waals surface area (Å²) < 4.78 is 19.5. The normalized spacial score (nSPS) is 23.5. The fraction of sp³-hybridized carbons (Fsp3) is 0.600. The molecular formula is C15H21ClFNO. The molecule has 0 spiro atoms. The minimum atomic E-state index is -0.175. The highest BCUT2D eigenvalue weighted by atomic mass is 35.5. The predicted octanol–water partition coefficient (Wildman–Crippen LogP) is 3.43.